The van der Waals surface area contributed by atoms with Crippen molar-refractivity contribution in [2.75, 3.05) is 0 Å². The van der Waals surface area contributed by atoms with E-state index in [0.717, 1.165) is 5.56 Å². The van der Waals surface area contributed by atoms with Gasteiger partial charge in [-0.05, 0) is 0 Å². The monoisotopic (exact) mass is 384 g/mol. The van der Waals surface area contributed by atoms with Crippen LogP contribution in [0.1, 0.15) is 5.56 Å². The predicted molar refractivity (Wildman–Crippen MR) is 90.6 cm³/mol. The van der Waals surface area contributed by atoms with Crippen molar-refractivity contribution >= 4 is 24.5 Å². The van der Waals surface area contributed by atoms with Crippen LogP contribution in [0.5, 0.6) is 0 Å². The minimum atomic E-state index is -0.395. The molecule has 100 valence electrons. The molecule has 0 aliphatic heterocycles. The second-order valence-electron chi connectivity index (χ2n) is 4.59. The molecular formula is C20H14Te. The molecule has 0 fully saturated rings. The van der Waals surface area contributed by atoms with Gasteiger partial charge in [0.05, 0.1) is 0 Å². The van der Waals surface area contributed by atoms with Gasteiger partial charge in [0, 0.05) is 0 Å². The summed E-state index contributed by atoms with van der Waals surface area (Å²) in [4.78, 5) is 0. The second-order valence-corrected chi connectivity index (χ2v) is 7.10. The van der Waals surface area contributed by atoms with E-state index in [1.54, 1.807) is 0 Å². The first-order chi connectivity index (χ1) is 10.4. The van der Waals surface area contributed by atoms with Crippen LogP contribution in [0.2, 0.25) is 0 Å². The fraction of sp³-hybridized carbons (Fsp3) is 0. The van der Waals surface area contributed by atoms with Gasteiger partial charge >= 0.3 is 136 Å². The van der Waals surface area contributed by atoms with Gasteiger partial charge in [0.2, 0.25) is 0 Å². The van der Waals surface area contributed by atoms with Gasteiger partial charge in [-0.1, -0.05) is 0 Å². The summed E-state index contributed by atoms with van der Waals surface area (Å²) in [5, 5.41) is 0. The number of rotatable bonds is 2. The summed E-state index contributed by atoms with van der Waals surface area (Å²) in [5.74, 6) is 3.28. The molecule has 0 aliphatic rings. The molecule has 21 heavy (non-hydrogen) atoms. The summed E-state index contributed by atoms with van der Waals surface area (Å²) in [6.07, 6.45) is 0. The summed E-state index contributed by atoms with van der Waals surface area (Å²) in [7, 11) is 0. The Morgan fingerprint density at radius 3 is 1.81 bits per heavy atom. The van der Waals surface area contributed by atoms with E-state index in [9.17, 15) is 0 Å². The maximum absolute atomic E-state index is 3.36. The van der Waals surface area contributed by atoms with Crippen molar-refractivity contribution in [1.29, 1.82) is 0 Å². The van der Waals surface area contributed by atoms with Crippen molar-refractivity contribution < 1.29 is 0 Å². The maximum atomic E-state index is 3.36. The Kier molecular flexibility index (Phi) is 4.75. The third-order valence-electron chi connectivity index (χ3n) is 3.10. The van der Waals surface area contributed by atoms with Gasteiger partial charge in [-0.2, -0.15) is 0 Å². The van der Waals surface area contributed by atoms with Crippen molar-refractivity contribution in [3.05, 3.63) is 90.5 Å². The van der Waals surface area contributed by atoms with E-state index in [0.29, 0.717) is 0 Å². The average molecular weight is 382 g/mol. The summed E-state index contributed by atoms with van der Waals surface area (Å²) >= 11 is -0.395. The quantitative estimate of drug-likeness (QED) is 0.469. The summed E-state index contributed by atoms with van der Waals surface area (Å²) in [5.41, 5.74) is 3.58. The van der Waals surface area contributed by atoms with Crippen LogP contribution < -0.4 is 3.61 Å². The summed E-state index contributed by atoms with van der Waals surface area (Å²) < 4.78 is 4.74. The zero-order chi connectivity index (χ0) is 14.3. The molecule has 3 aromatic rings. The van der Waals surface area contributed by atoms with Gasteiger partial charge < -0.3 is 0 Å². The zero-order valence-corrected chi connectivity index (χ0v) is 13.8. The average Bonchev–Trinajstić information content (AvgIpc) is 2.57. The number of hydrogen-bond acceptors (Lipinski definition) is 0. The number of hydrogen-bond donors (Lipinski definition) is 0. The van der Waals surface area contributed by atoms with Crippen LogP contribution in [0.4, 0.5) is 0 Å². The first kappa shape index (κ1) is 14.0. The molecule has 0 N–H and O–H groups in total. The van der Waals surface area contributed by atoms with E-state index in [2.05, 4.69) is 82.7 Å². The van der Waals surface area contributed by atoms with Gasteiger partial charge in [0.1, 0.15) is 0 Å². The molecular weight excluding hydrogens is 368 g/mol. The molecule has 0 aliphatic carbocycles. The van der Waals surface area contributed by atoms with Gasteiger partial charge in [-0.15, -0.1) is 0 Å². The number of benzene rings is 3. The van der Waals surface area contributed by atoms with Crippen LogP contribution in [0, 0.1) is 9.89 Å². The van der Waals surface area contributed by atoms with E-state index < -0.39 is 20.9 Å². The Morgan fingerprint density at radius 1 is 0.571 bits per heavy atom. The van der Waals surface area contributed by atoms with Crippen molar-refractivity contribution in [1.82, 2.24) is 0 Å². The molecule has 0 atom stereocenters. The Balaban J connectivity index is 1.71. The van der Waals surface area contributed by atoms with E-state index in [1.165, 1.54) is 14.7 Å². The molecule has 0 heterocycles. The predicted octanol–water partition coefficient (Wildman–Crippen LogP) is 3.69. The standard InChI is InChI=1S/C20H14Te/c1-3-7-18(8-4-1)19-13-11-17(12-14-19)15-16-21-20-9-5-2-6-10-20/h1-14H. The molecule has 1 heteroatoms. The van der Waals surface area contributed by atoms with Crippen molar-refractivity contribution in [3.8, 4) is 21.0 Å². The van der Waals surface area contributed by atoms with E-state index >= 15 is 0 Å². The van der Waals surface area contributed by atoms with Crippen LogP contribution in [-0.4, -0.2) is 20.9 Å². The summed E-state index contributed by atoms with van der Waals surface area (Å²) in [6, 6.07) is 29.4. The van der Waals surface area contributed by atoms with Crippen LogP contribution in [0.3, 0.4) is 0 Å². The van der Waals surface area contributed by atoms with Gasteiger partial charge in [0.15, 0.2) is 0 Å². The first-order valence-electron chi connectivity index (χ1n) is 6.80. The van der Waals surface area contributed by atoms with Crippen LogP contribution in [-0.2, 0) is 0 Å². The topological polar surface area (TPSA) is 0 Å². The molecule has 0 nitrogen and oxygen atoms in total. The molecule has 0 bridgehead atoms. The molecule has 0 radical (unpaired) electrons. The van der Waals surface area contributed by atoms with E-state index in [4.69, 9.17) is 0 Å². The Bertz CT molecular complexity index is 748. The van der Waals surface area contributed by atoms with Crippen LogP contribution in [0.25, 0.3) is 11.1 Å². The molecule has 3 rings (SSSR count). The second kappa shape index (κ2) is 7.14. The Hall–Kier alpha value is -1.99. The Labute approximate surface area is 135 Å². The van der Waals surface area contributed by atoms with Gasteiger partial charge in [-0.3, -0.25) is 0 Å². The molecule has 0 spiro atoms. The third kappa shape index (κ3) is 3.99. The normalized spacial score (nSPS) is 9.71. The van der Waals surface area contributed by atoms with E-state index in [1.807, 2.05) is 12.1 Å². The van der Waals surface area contributed by atoms with Crippen LogP contribution >= 0.6 is 0 Å². The molecule has 0 saturated carbocycles. The SMILES string of the molecule is C(#Cc1ccc(-c2ccccc2)cc1)[Te]c1ccccc1. The molecule has 0 unspecified atom stereocenters. The fourth-order valence-corrected chi connectivity index (χ4v) is 3.66. The molecule has 0 aromatic heterocycles. The van der Waals surface area contributed by atoms with E-state index in [-0.39, 0.29) is 0 Å². The minimum absolute atomic E-state index is 0.395. The fourth-order valence-electron chi connectivity index (χ4n) is 2.01. The van der Waals surface area contributed by atoms with Crippen LogP contribution in [0.15, 0.2) is 84.9 Å². The summed E-state index contributed by atoms with van der Waals surface area (Å²) in [6.45, 7) is 0. The van der Waals surface area contributed by atoms with Crippen molar-refractivity contribution in [2.45, 2.75) is 0 Å². The molecule has 0 saturated heterocycles. The Morgan fingerprint density at radius 2 is 1.14 bits per heavy atom. The van der Waals surface area contributed by atoms with Crippen molar-refractivity contribution in [3.63, 3.8) is 0 Å². The van der Waals surface area contributed by atoms with Gasteiger partial charge in [-0.25, -0.2) is 0 Å². The zero-order valence-electron chi connectivity index (χ0n) is 11.5. The first-order valence-corrected chi connectivity index (χ1v) is 9.13. The van der Waals surface area contributed by atoms with Crippen molar-refractivity contribution in [2.24, 2.45) is 0 Å². The molecule has 3 aromatic carbocycles. The molecule has 0 amide bonds. The third-order valence-corrected chi connectivity index (χ3v) is 5.13. The van der Waals surface area contributed by atoms with Gasteiger partial charge in [0.25, 0.3) is 0 Å².